The summed E-state index contributed by atoms with van der Waals surface area (Å²) < 4.78 is 3.48. The molecule has 1 aromatic carbocycles. The Kier molecular flexibility index (Phi) is 3.37. The quantitative estimate of drug-likeness (QED) is 0.729. The summed E-state index contributed by atoms with van der Waals surface area (Å²) >= 11 is 0. The SMILES string of the molecule is CCCn1ccn(Cc2cccc3cccnc23)c1=O. The van der Waals surface area contributed by atoms with Crippen LogP contribution in [0.4, 0.5) is 0 Å². The number of imidazole rings is 1. The standard InChI is InChI=1S/C16H17N3O/c1-2-9-18-10-11-19(16(18)20)12-14-6-3-5-13-7-4-8-17-15(13)14/h3-8,10-11H,2,9,12H2,1H3. The summed E-state index contributed by atoms with van der Waals surface area (Å²) in [7, 11) is 0. The third kappa shape index (κ3) is 2.25. The van der Waals surface area contributed by atoms with E-state index in [4.69, 9.17) is 0 Å². The molecule has 0 N–H and O–H groups in total. The van der Waals surface area contributed by atoms with E-state index in [1.807, 2.05) is 42.7 Å². The smallest absolute Gasteiger partial charge is 0.299 e. The molecule has 0 saturated heterocycles. The second kappa shape index (κ2) is 5.33. The average molecular weight is 267 g/mol. The van der Waals surface area contributed by atoms with Crippen LogP contribution in [0.2, 0.25) is 0 Å². The van der Waals surface area contributed by atoms with Gasteiger partial charge in [0, 0.05) is 30.5 Å². The van der Waals surface area contributed by atoms with Gasteiger partial charge in [-0.3, -0.25) is 14.1 Å². The van der Waals surface area contributed by atoms with Crippen molar-refractivity contribution in [1.82, 2.24) is 14.1 Å². The van der Waals surface area contributed by atoms with Crippen molar-refractivity contribution in [1.29, 1.82) is 0 Å². The fourth-order valence-corrected chi connectivity index (χ4v) is 2.46. The summed E-state index contributed by atoms with van der Waals surface area (Å²) in [6, 6.07) is 10.0. The zero-order valence-electron chi connectivity index (χ0n) is 11.5. The molecule has 3 aromatic rings. The summed E-state index contributed by atoms with van der Waals surface area (Å²) in [6.45, 7) is 3.39. The molecule has 0 aliphatic rings. The van der Waals surface area contributed by atoms with Gasteiger partial charge in [-0.2, -0.15) is 0 Å². The molecular formula is C16H17N3O. The number of fused-ring (bicyclic) bond motifs is 1. The van der Waals surface area contributed by atoms with Gasteiger partial charge in [-0.25, -0.2) is 4.79 Å². The first-order chi connectivity index (χ1) is 9.79. The molecule has 3 rings (SSSR count). The number of aryl methyl sites for hydroxylation is 1. The normalized spacial score (nSPS) is 11.1. The summed E-state index contributed by atoms with van der Waals surface area (Å²) in [6.07, 6.45) is 6.45. The molecule has 20 heavy (non-hydrogen) atoms. The lowest BCUT2D eigenvalue weighted by molar-refractivity contribution is 0.624. The molecule has 0 saturated carbocycles. The number of aromatic nitrogens is 3. The van der Waals surface area contributed by atoms with Gasteiger partial charge in [0.15, 0.2) is 0 Å². The molecule has 0 radical (unpaired) electrons. The highest BCUT2D eigenvalue weighted by Gasteiger charge is 2.06. The minimum Gasteiger partial charge on any atom is -0.299 e. The van der Waals surface area contributed by atoms with Crippen molar-refractivity contribution >= 4 is 10.9 Å². The third-order valence-electron chi connectivity index (χ3n) is 3.44. The first-order valence-corrected chi connectivity index (χ1v) is 6.88. The van der Waals surface area contributed by atoms with Gasteiger partial charge in [0.2, 0.25) is 0 Å². The Balaban J connectivity index is 1.99. The number of rotatable bonds is 4. The van der Waals surface area contributed by atoms with Gasteiger partial charge in [-0.05, 0) is 18.1 Å². The predicted molar refractivity (Wildman–Crippen MR) is 79.8 cm³/mol. The molecule has 0 fully saturated rings. The van der Waals surface area contributed by atoms with Crippen LogP contribution in [0.25, 0.3) is 10.9 Å². The Morgan fingerprint density at radius 3 is 2.75 bits per heavy atom. The molecule has 2 heterocycles. The monoisotopic (exact) mass is 267 g/mol. The van der Waals surface area contributed by atoms with E-state index in [1.54, 1.807) is 15.3 Å². The minimum absolute atomic E-state index is 0.0415. The van der Waals surface area contributed by atoms with E-state index in [0.717, 1.165) is 29.4 Å². The Morgan fingerprint density at radius 1 is 1.10 bits per heavy atom. The van der Waals surface area contributed by atoms with Crippen molar-refractivity contribution in [3.63, 3.8) is 0 Å². The zero-order chi connectivity index (χ0) is 13.9. The topological polar surface area (TPSA) is 39.8 Å². The van der Waals surface area contributed by atoms with Crippen molar-refractivity contribution in [2.45, 2.75) is 26.4 Å². The van der Waals surface area contributed by atoms with Gasteiger partial charge in [0.25, 0.3) is 0 Å². The van der Waals surface area contributed by atoms with E-state index in [0.29, 0.717) is 6.54 Å². The predicted octanol–water partition coefficient (Wildman–Crippen LogP) is 2.66. The molecular weight excluding hydrogens is 250 g/mol. The molecule has 0 unspecified atom stereocenters. The zero-order valence-corrected chi connectivity index (χ0v) is 11.5. The van der Waals surface area contributed by atoms with Gasteiger partial charge in [-0.15, -0.1) is 0 Å². The van der Waals surface area contributed by atoms with Crippen molar-refractivity contribution in [2.75, 3.05) is 0 Å². The second-order valence-corrected chi connectivity index (χ2v) is 4.89. The van der Waals surface area contributed by atoms with Gasteiger partial charge in [0.05, 0.1) is 12.1 Å². The maximum absolute atomic E-state index is 12.2. The van der Waals surface area contributed by atoms with Crippen molar-refractivity contribution in [3.05, 3.63) is 65.0 Å². The maximum atomic E-state index is 12.2. The van der Waals surface area contributed by atoms with Crippen LogP contribution in [0, 0.1) is 0 Å². The van der Waals surface area contributed by atoms with Crippen LogP contribution in [0.15, 0.2) is 53.7 Å². The Bertz CT molecular complexity index is 780. The highest BCUT2D eigenvalue weighted by molar-refractivity contribution is 5.81. The molecule has 4 heteroatoms. The third-order valence-corrected chi connectivity index (χ3v) is 3.44. The van der Waals surface area contributed by atoms with Gasteiger partial charge >= 0.3 is 5.69 Å². The molecule has 4 nitrogen and oxygen atoms in total. The first-order valence-electron chi connectivity index (χ1n) is 6.88. The number of benzene rings is 1. The van der Waals surface area contributed by atoms with Crippen LogP contribution in [-0.2, 0) is 13.1 Å². The molecule has 0 atom stereocenters. The molecule has 2 aromatic heterocycles. The fourth-order valence-electron chi connectivity index (χ4n) is 2.46. The average Bonchev–Trinajstić information content (AvgIpc) is 2.81. The van der Waals surface area contributed by atoms with Gasteiger partial charge in [-0.1, -0.05) is 31.2 Å². The highest BCUT2D eigenvalue weighted by atomic mass is 16.1. The Labute approximate surface area is 117 Å². The van der Waals surface area contributed by atoms with E-state index in [2.05, 4.69) is 11.9 Å². The number of nitrogens with zero attached hydrogens (tertiary/aromatic N) is 3. The van der Waals surface area contributed by atoms with Crippen LogP contribution < -0.4 is 5.69 Å². The summed E-state index contributed by atoms with van der Waals surface area (Å²) in [5.74, 6) is 0. The minimum atomic E-state index is 0.0415. The lowest BCUT2D eigenvalue weighted by Gasteiger charge is -2.06. The van der Waals surface area contributed by atoms with E-state index >= 15 is 0 Å². The van der Waals surface area contributed by atoms with E-state index in [1.165, 1.54) is 0 Å². The van der Waals surface area contributed by atoms with Crippen LogP contribution in [0.3, 0.4) is 0 Å². The number of pyridine rings is 1. The van der Waals surface area contributed by atoms with Crippen LogP contribution in [-0.4, -0.2) is 14.1 Å². The van der Waals surface area contributed by atoms with Crippen LogP contribution >= 0.6 is 0 Å². The van der Waals surface area contributed by atoms with Crippen LogP contribution in [0.1, 0.15) is 18.9 Å². The summed E-state index contributed by atoms with van der Waals surface area (Å²) in [5, 5.41) is 1.10. The number of para-hydroxylation sites is 1. The van der Waals surface area contributed by atoms with Crippen LogP contribution in [0.5, 0.6) is 0 Å². The second-order valence-electron chi connectivity index (χ2n) is 4.89. The number of hydrogen-bond donors (Lipinski definition) is 0. The molecule has 0 aliphatic heterocycles. The Hall–Kier alpha value is -2.36. The van der Waals surface area contributed by atoms with Gasteiger partial charge < -0.3 is 0 Å². The molecule has 0 aliphatic carbocycles. The Morgan fingerprint density at radius 2 is 1.90 bits per heavy atom. The van der Waals surface area contributed by atoms with E-state index < -0.39 is 0 Å². The molecule has 0 amide bonds. The summed E-state index contributed by atoms with van der Waals surface area (Å²) in [5.41, 5.74) is 2.07. The maximum Gasteiger partial charge on any atom is 0.328 e. The lowest BCUT2D eigenvalue weighted by Crippen LogP contribution is -2.24. The summed E-state index contributed by atoms with van der Waals surface area (Å²) in [4.78, 5) is 16.6. The molecule has 0 spiro atoms. The molecule has 102 valence electrons. The first kappa shape index (κ1) is 12.7. The molecule has 0 bridgehead atoms. The van der Waals surface area contributed by atoms with Crippen molar-refractivity contribution in [2.24, 2.45) is 0 Å². The highest BCUT2D eigenvalue weighted by Crippen LogP contribution is 2.16. The fraction of sp³-hybridized carbons (Fsp3) is 0.250. The van der Waals surface area contributed by atoms with Crippen molar-refractivity contribution in [3.8, 4) is 0 Å². The largest absolute Gasteiger partial charge is 0.328 e. The lowest BCUT2D eigenvalue weighted by atomic mass is 10.1. The van der Waals surface area contributed by atoms with E-state index in [9.17, 15) is 4.79 Å². The van der Waals surface area contributed by atoms with Gasteiger partial charge in [0.1, 0.15) is 0 Å². The number of hydrogen-bond acceptors (Lipinski definition) is 2. The van der Waals surface area contributed by atoms with Crippen molar-refractivity contribution < 1.29 is 0 Å². The van der Waals surface area contributed by atoms with E-state index in [-0.39, 0.29) is 5.69 Å².